The number of amides is 1. The van der Waals surface area contributed by atoms with Gasteiger partial charge in [-0.25, -0.2) is 18.3 Å². The van der Waals surface area contributed by atoms with Crippen molar-refractivity contribution in [2.24, 2.45) is 7.05 Å². The fourth-order valence-electron chi connectivity index (χ4n) is 2.72. The van der Waals surface area contributed by atoms with E-state index in [2.05, 4.69) is 20.5 Å². The van der Waals surface area contributed by atoms with Crippen LogP contribution in [0.3, 0.4) is 0 Å². The Labute approximate surface area is 152 Å². The number of carbonyl (C=O) groups is 1. The lowest BCUT2D eigenvalue weighted by atomic mass is 10.1. The van der Waals surface area contributed by atoms with Crippen molar-refractivity contribution in [3.63, 3.8) is 0 Å². The van der Waals surface area contributed by atoms with Crippen molar-refractivity contribution in [3.8, 4) is 11.3 Å². The molecule has 7 nitrogen and oxygen atoms in total. The minimum Gasteiger partial charge on any atom is -0.305 e. The monoisotopic (exact) mass is 368 g/mol. The lowest BCUT2D eigenvalue weighted by Gasteiger charge is -2.08. The number of benzene rings is 1. The summed E-state index contributed by atoms with van der Waals surface area (Å²) in [6.07, 6.45) is 0.123. The van der Waals surface area contributed by atoms with Crippen LogP contribution in [-0.4, -0.2) is 30.3 Å². The highest BCUT2D eigenvalue weighted by molar-refractivity contribution is 6.07. The Balaban J connectivity index is 1.82. The van der Waals surface area contributed by atoms with Gasteiger partial charge in [-0.1, -0.05) is 30.3 Å². The molecule has 1 amide bonds. The van der Waals surface area contributed by atoms with Crippen LogP contribution in [0, 0.1) is 0 Å². The molecule has 0 fully saturated rings. The molecular weight excluding hydrogens is 354 g/mol. The first kappa shape index (κ1) is 16.8. The molecule has 0 saturated heterocycles. The van der Waals surface area contributed by atoms with Gasteiger partial charge in [0.25, 0.3) is 12.3 Å². The molecule has 4 aromatic rings. The fraction of sp³-hybridized carbons (Fsp3) is 0.111. The molecule has 0 saturated carbocycles. The average Bonchev–Trinajstić information content (AvgIpc) is 3.27. The zero-order chi connectivity index (χ0) is 19.0. The molecule has 9 heteroatoms. The van der Waals surface area contributed by atoms with Crippen LogP contribution in [0.25, 0.3) is 16.9 Å². The molecule has 0 aliphatic heterocycles. The van der Waals surface area contributed by atoms with E-state index in [-0.39, 0.29) is 16.9 Å². The number of anilines is 1. The van der Waals surface area contributed by atoms with Crippen LogP contribution >= 0.6 is 0 Å². The number of aromatic nitrogens is 5. The topological polar surface area (TPSA) is 77.1 Å². The van der Waals surface area contributed by atoms with Gasteiger partial charge in [0.1, 0.15) is 11.3 Å². The fourth-order valence-corrected chi connectivity index (χ4v) is 2.72. The van der Waals surface area contributed by atoms with Crippen LogP contribution in [0.15, 0.2) is 54.9 Å². The Kier molecular flexibility index (Phi) is 4.11. The van der Waals surface area contributed by atoms with Gasteiger partial charge in [-0.05, 0) is 6.07 Å². The van der Waals surface area contributed by atoms with Gasteiger partial charge in [-0.3, -0.25) is 9.48 Å². The highest BCUT2D eigenvalue weighted by Crippen LogP contribution is 2.26. The number of nitrogens with zero attached hydrogens (tertiary/aromatic N) is 5. The van der Waals surface area contributed by atoms with Gasteiger partial charge in [0.05, 0.1) is 11.9 Å². The van der Waals surface area contributed by atoms with Crippen LogP contribution in [0.5, 0.6) is 0 Å². The van der Waals surface area contributed by atoms with Crippen LogP contribution in [0.2, 0.25) is 0 Å². The smallest absolute Gasteiger partial charge is 0.280 e. The Bertz CT molecular complexity index is 1120. The third-order valence-electron chi connectivity index (χ3n) is 3.99. The second-order valence-corrected chi connectivity index (χ2v) is 5.86. The van der Waals surface area contributed by atoms with Crippen molar-refractivity contribution < 1.29 is 13.6 Å². The highest BCUT2D eigenvalue weighted by Gasteiger charge is 2.22. The van der Waals surface area contributed by atoms with E-state index in [0.717, 1.165) is 4.52 Å². The first-order valence-corrected chi connectivity index (χ1v) is 8.06. The molecule has 0 aliphatic carbocycles. The molecule has 0 aliphatic rings. The maximum absolute atomic E-state index is 13.6. The number of alkyl halides is 2. The van der Waals surface area contributed by atoms with Crippen LogP contribution in [-0.2, 0) is 7.05 Å². The zero-order valence-corrected chi connectivity index (χ0v) is 14.2. The molecular formula is C18H14F2N6O. The second kappa shape index (κ2) is 6.60. The molecule has 0 spiro atoms. The third-order valence-corrected chi connectivity index (χ3v) is 3.99. The van der Waals surface area contributed by atoms with Crippen LogP contribution in [0.1, 0.15) is 22.5 Å². The number of nitrogens with one attached hydrogen (secondary N) is 1. The summed E-state index contributed by atoms with van der Waals surface area (Å²) in [7, 11) is 1.72. The summed E-state index contributed by atoms with van der Waals surface area (Å²) in [5.41, 5.74) is 0.807. The highest BCUT2D eigenvalue weighted by atomic mass is 19.3. The largest absolute Gasteiger partial charge is 0.305 e. The van der Waals surface area contributed by atoms with Gasteiger partial charge in [-0.2, -0.15) is 10.2 Å². The zero-order valence-electron chi connectivity index (χ0n) is 14.2. The predicted octanol–water partition coefficient (Wildman–Crippen LogP) is 3.32. The lowest BCUT2D eigenvalue weighted by Crippen LogP contribution is -2.13. The summed E-state index contributed by atoms with van der Waals surface area (Å²) in [5.74, 6) is -0.184. The van der Waals surface area contributed by atoms with E-state index in [1.165, 1.54) is 16.9 Å². The van der Waals surface area contributed by atoms with E-state index in [4.69, 9.17) is 0 Å². The van der Waals surface area contributed by atoms with Gasteiger partial charge < -0.3 is 5.32 Å². The first-order valence-electron chi connectivity index (χ1n) is 8.06. The summed E-state index contributed by atoms with van der Waals surface area (Å²) in [6, 6.07) is 11.8. The Morgan fingerprint density at radius 3 is 2.63 bits per heavy atom. The minimum absolute atomic E-state index is 0.0556. The SMILES string of the molecule is Cn1ccc(NC(=O)c2cnn3c(C(F)F)cc(-c4ccccc4)nc23)n1. The number of hydrogen-bond acceptors (Lipinski definition) is 4. The van der Waals surface area contributed by atoms with Crippen molar-refractivity contribution in [2.45, 2.75) is 6.43 Å². The van der Waals surface area contributed by atoms with Gasteiger partial charge in [0, 0.05) is 24.9 Å². The maximum atomic E-state index is 13.6. The van der Waals surface area contributed by atoms with E-state index in [1.54, 1.807) is 43.6 Å². The molecule has 0 atom stereocenters. The standard InChI is InChI=1S/C18H14F2N6O/c1-25-8-7-15(24-25)23-18(27)12-10-21-26-14(16(19)20)9-13(22-17(12)26)11-5-3-2-4-6-11/h2-10,16H,1H3,(H,23,24,27). The van der Waals surface area contributed by atoms with Crippen molar-refractivity contribution in [1.82, 2.24) is 24.4 Å². The molecule has 0 radical (unpaired) electrons. The number of fused-ring (bicyclic) bond motifs is 1. The van der Waals surface area contributed by atoms with Gasteiger partial charge in [0.2, 0.25) is 0 Å². The Morgan fingerprint density at radius 1 is 1.19 bits per heavy atom. The van der Waals surface area contributed by atoms with Crippen molar-refractivity contribution >= 4 is 17.4 Å². The molecule has 4 rings (SSSR count). The van der Waals surface area contributed by atoms with Gasteiger partial charge in [0.15, 0.2) is 11.5 Å². The minimum atomic E-state index is -2.77. The number of carbonyl (C=O) groups excluding carboxylic acids is 1. The summed E-state index contributed by atoms with van der Waals surface area (Å²) in [6.45, 7) is 0. The Hall–Kier alpha value is -3.62. The second-order valence-electron chi connectivity index (χ2n) is 5.86. The van der Waals surface area contributed by atoms with E-state index in [1.807, 2.05) is 6.07 Å². The molecule has 136 valence electrons. The van der Waals surface area contributed by atoms with Gasteiger partial charge in [-0.15, -0.1) is 0 Å². The predicted molar refractivity (Wildman–Crippen MR) is 94.5 cm³/mol. The van der Waals surface area contributed by atoms with Crippen LogP contribution in [0.4, 0.5) is 14.6 Å². The molecule has 1 N–H and O–H groups in total. The summed E-state index contributed by atoms with van der Waals surface area (Å²) in [4.78, 5) is 17.0. The summed E-state index contributed by atoms with van der Waals surface area (Å²) >= 11 is 0. The first-order chi connectivity index (χ1) is 13.0. The van der Waals surface area contributed by atoms with E-state index in [0.29, 0.717) is 17.1 Å². The van der Waals surface area contributed by atoms with E-state index >= 15 is 0 Å². The molecule has 0 bridgehead atoms. The Morgan fingerprint density at radius 2 is 1.96 bits per heavy atom. The molecule has 3 heterocycles. The average molecular weight is 368 g/mol. The third kappa shape index (κ3) is 3.14. The molecule has 0 unspecified atom stereocenters. The number of aryl methyl sites for hydroxylation is 1. The molecule has 3 aromatic heterocycles. The summed E-state index contributed by atoms with van der Waals surface area (Å²) in [5, 5.41) is 10.6. The van der Waals surface area contributed by atoms with E-state index < -0.39 is 12.3 Å². The van der Waals surface area contributed by atoms with Crippen molar-refractivity contribution in [2.75, 3.05) is 5.32 Å². The number of rotatable bonds is 4. The molecule has 27 heavy (non-hydrogen) atoms. The number of hydrogen-bond donors (Lipinski definition) is 1. The maximum Gasteiger partial charge on any atom is 0.280 e. The summed E-state index contributed by atoms with van der Waals surface area (Å²) < 4.78 is 29.6. The van der Waals surface area contributed by atoms with E-state index in [9.17, 15) is 13.6 Å². The van der Waals surface area contributed by atoms with Crippen LogP contribution < -0.4 is 5.32 Å². The van der Waals surface area contributed by atoms with Crippen molar-refractivity contribution in [1.29, 1.82) is 0 Å². The number of halogens is 2. The lowest BCUT2D eigenvalue weighted by molar-refractivity contribution is 0.102. The van der Waals surface area contributed by atoms with Crippen molar-refractivity contribution in [3.05, 3.63) is 66.1 Å². The van der Waals surface area contributed by atoms with Gasteiger partial charge >= 0.3 is 0 Å². The quantitative estimate of drug-likeness (QED) is 0.599. The molecule has 1 aromatic carbocycles. The normalized spacial score (nSPS) is 11.3.